The minimum atomic E-state index is -0.340. The molecule has 0 aliphatic rings. The highest BCUT2D eigenvalue weighted by molar-refractivity contribution is 9.10. The molecule has 0 bridgehead atoms. The fourth-order valence-electron chi connectivity index (χ4n) is 1.28. The molecule has 0 saturated carbocycles. The first-order valence-corrected chi connectivity index (χ1v) is 6.46. The highest BCUT2D eigenvalue weighted by atomic mass is 79.9. The highest BCUT2D eigenvalue weighted by Gasteiger charge is 2.05. The van der Waals surface area contributed by atoms with Gasteiger partial charge in [0.15, 0.2) is 0 Å². The molecular weight excluding hydrogens is 316 g/mol. The molecule has 19 heavy (non-hydrogen) atoms. The number of hydrogen-bond acceptors (Lipinski definition) is 5. The molecule has 0 amide bonds. The van der Waals surface area contributed by atoms with Crippen LogP contribution in [0.3, 0.4) is 0 Å². The van der Waals surface area contributed by atoms with Crippen molar-refractivity contribution in [2.75, 3.05) is 13.2 Å². The Hall–Kier alpha value is -1.56. The summed E-state index contributed by atoms with van der Waals surface area (Å²) in [5, 5.41) is 0. The fourth-order valence-corrected chi connectivity index (χ4v) is 1.64. The van der Waals surface area contributed by atoms with Crippen LogP contribution in [0.5, 0.6) is 5.75 Å². The smallest absolute Gasteiger partial charge is 0.302 e. The minimum absolute atomic E-state index is 0.178. The lowest BCUT2D eigenvalue weighted by molar-refractivity contribution is -0.142. The van der Waals surface area contributed by atoms with E-state index in [0.29, 0.717) is 5.75 Å². The average Bonchev–Trinajstić information content (AvgIpc) is 2.34. The maximum absolute atomic E-state index is 10.8. The van der Waals surface area contributed by atoms with Gasteiger partial charge < -0.3 is 14.2 Å². The van der Waals surface area contributed by atoms with E-state index in [1.54, 1.807) is 18.2 Å². The van der Waals surface area contributed by atoms with Gasteiger partial charge in [0, 0.05) is 23.9 Å². The number of rotatable bonds is 6. The summed E-state index contributed by atoms with van der Waals surface area (Å²) >= 11 is 3.37. The van der Waals surface area contributed by atoms with Crippen molar-refractivity contribution in [3.63, 3.8) is 0 Å². The summed E-state index contributed by atoms with van der Waals surface area (Å²) < 4.78 is 15.9. The number of benzene rings is 1. The molecule has 0 spiro atoms. The van der Waals surface area contributed by atoms with Crippen LogP contribution in [0.25, 0.3) is 0 Å². The van der Waals surface area contributed by atoms with Crippen molar-refractivity contribution in [1.29, 1.82) is 0 Å². The monoisotopic (exact) mass is 330 g/mol. The zero-order valence-corrected chi connectivity index (χ0v) is 12.4. The maximum atomic E-state index is 10.8. The summed E-state index contributed by atoms with van der Waals surface area (Å²) in [6.45, 7) is 3.35. The molecule has 104 valence electrons. The zero-order valence-electron chi connectivity index (χ0n) is 10.8. The van der Waals surface area contributed by atoms with Gasteiger partial charge >= 0.3 is 11.9 Å². The van der Waals surface area contributed by atoms with Crippen LogP contribution in [0.4, 0.5) is 0 Å². The van der Waals surface area contributed by atoms with Crippen LogP contribution in [0, 0.1) is 0 Å². The van der Waals surface area contributed by atoms with Crippen LogP contribution >= 0.6 is 15.9 Å². The Bertz CT molecular complexity index is 458. The van der Waals surface area contributed by atoms with Crippen molar-refractivity contribution in [3.05, 3.63) is 28.2 Å². The maximum Gasteiger partial charge on any atom is 0.302 e. The molecule has 0 radical (unpaired) electrons. The Kier molecular flexibility index (Phi) is 6.35. The van der Waals surface area contributed by atoms with Gasteiger partial charge in [-0.05, 0) is 18.2 Å². The third kappa shape index (κ3) is 6.24. The van der Waals surface area contributed by atoms with E-state index in [-0.39, 0.29) is 31.8 Å². The van der Waals surface area contributed by atoms with Gasteiger partial charge in [-0.3, -0.25) is 9.59 Å². The zero-order chi connectivity index (χ0) is 14.3. The third-order valence-electron chi connectivity index (χ3n) is 2.11. The number of esters is 2. The summed E-state index contributed by atoms with van der Waals surface area (Å²) in [4.78, 5) is 21.3. The number of halogens is 1. The first kappa shape index (κ1) is 15.5. The van der Waals surface area contributed by atoms with Gasteiger partial charge in [-0.2, -0.15) is 0 Å². The normalized spacial score (nSPS) is 9.84. The third-order valence-corrected chi connectivity index (χ3v) is 2.88. The first-order valence-electron chi connectivity index (χ1n) is 5.67. The molecule has 1 aromatic rings. The molecule has 0 aliphatic carbocycles. The number of ether oxygens (including phenoxy) is 3. The second-order valence-corrected chi connectivity index (χ2v) is 4.58. The highest BCUT2D eigenvalue weighted by Crippen LogP contribution is 2.23. The van der Waals surface area contributed by atoms with Gasteiger partial charge in [0.1, 0.15) is 25.6 Å². The largest absolute Gasteiger partial charge is 0.490 e. The molecule has 0 aromatic heterocycles. The van der Waals surface area contributed by atoms with Gasteiger partial charge in [-0.25, -0.2) is 0 Å². The van der Waals surface area contributed by atoms with Crippen molar-refractivity contribution < 1.29 is 23.8 Å². The van der Waals surface area contributed by atoms with E-state index in [2.05, 4.69) is 15.9 Å². The van der Waals surface area contributed by atoms with Crippen LogP contribution in [0.1, 0.15) is 19.4 Å². The van der Waals surface area contributed by atoms with Crippen LogP contribution < -0.4 is 4.74 Å². The van der Waals surface area contributed by atoms with Gasteiger partial charge in [0.25, 0.3) is 0 Å². The molecule has 0 atom stereocenters. The van der Waals surface area contributed by atoms with Crippen molar-refractivity contribution in [3.8, 4) is 5.75 Å². The summed E-state index contributed by atoms with van der Waals surface area (Å²) in [6.07, 6.45) is 0. The molecule has 0 fully saturated rings. The molecule has 6 heteroatoms. The van der Waals surface area contributed by atoms with Gasteiger partial charge in [0.05, 0.1) is 0 Å². The van der Waals surface area contributed by atoms with E-state index in [9.17, 15) is 9.59 Å². The molecule has 0 saturated heterocycles. The molecule has 0 N–H and O–H groups in total. The van der Waals surface area contributed by atoms with Crippen molar-refractivity contribution in [2.24, 2.45) is 0 Å². The van der Waals surface area contributed by atoms with Gasteiger partial charge in [-0.1, -0.05) is 15.9 Å². The number of hydrogen-bond donors (Lipinski definition) is 0. The van der Waals surface area contributed by atoms with E-state index < -0.39 is 0 Å². The molecule has 1 aromatic carbocycles. The predicted molar refractivity (Wildman–Crippen MR) is 71.7 cm³/mol. The van der Waals surface area contributed by atoms with Crippen molar-refractivity contribution in [1.82, 2.24) is 0 Å². The SMILES string of the molecule is CC(=O)OCCOc1ccc(Br)c(COC(C)=O)c1. The van der Waals surface area contributed by atoms with Crippen LogP contribution in [-0.4, -0.2) is 25.2 Å². The van der Waals surface area contributed by atoms with E-state index in [4.69, 9.17) is 14.2 Å². The predicted octanol–water partition coefficient (Wildman–Crippen LogP) is 2.45. The lowest BCUT2D eigenvalue weighted by atomic mass is 10.2. The van der Waals surface area contributed by atoms with Gasteiger partial charge in [-0.15, -0.1) is 0 Å². The Morgan fingerprint density at radius 3 is 2.42 bits per heavy atom. The van der Waals surface area contributed by atoms with E-state index in [0.717, 1.165) is 10.0 Å². The van der Waals surface area contributed by atoms with Crippen LogP contribution in [0.2, 0.25) is 0 Å². The number of carbonyl (C=O) groups excluding carboxylic acids is 2. The Balaban J connectivity index is 2.52. The molecule has 0 aliphatic heterocycles. The molecular formula is C13H15BrO5. The van der Waals surface area contributed by atoms with Crippen LogP contribution in [0.15, 0.2) is 22.7 Å². The average molecular weight is 331 g/mol. The van der Waals surface area contributed by atoms with Crippen LogP contribution in [-0.2, 0) is 25.7 Å². The molecule has 1 rings (SSSR count). The second-order valence-electron chi connectivity index (χ2n) is 3.72. The fraction of sp³-hybridized carbons (Fsp3) is 0.385. The molecule has 5 nitrogen and oxygen atoms in total. The molecule has 0 heterocycles. The standard InChI is InChI=1S/C13H15BrO5/c1-9(15)17-5-6-18-12-3-4-13(14)11(7-12)8-19-10(2)16/h3-4,7H,5-6,8H2,1-2H3. The summed E-state index contributed by atoms with van der Waals surface area (Å²) in [5.74, 6) is -0.0551. The van der Waals surface area contributed by atoms with E-state index in [1.165, 1.54) is 13.8 Å². The first-order chi connectivity index (χ1) is 8.99. The van der Waals surface area contributed by atoms with Crippen molar-refractivity contribution in [2.45, 2.75) is 20.5 Å². The Labute approximate surface area is 120 Å². The summed E-state index contributed by atoms with van der Waals surface area (Å²) in [6, 6.07) is 5.34. The number of carbonyl (C=O) groups is 2. The summed E-state index contributed by atoms with van der Waals surface area (Å²) in [5.41, 5.74) is 0.806. The lowest BCUT2D eigenvalue weighted by Gasteiger charge is -2.10. The molecule has 0 unspecified atom stereocenters. The van der Waals surface area contributed by atoms with Gasteiger partial charge in [0.2, 0.25) is 0 Å². The Morgan fingerprint density at radius 1 is 1.11 bits per heavy atom. The Morgan fingerprint density at radius 2 is 1.79 bits per heavy atom. The quantitative estimate of drug-likeness (QED) is 0.592. The summed E-state index contributed by atoms with van der Waals surface area (Å²) in [7, 11) is 0. The minimum Gasteiger partial charge on any atom is -0.490 e. The topological polar surface area (TPSA) is 61.8 Å². The van der Waals surface area contributed by atoms with Crippen molar-refractivity contribution >= 4 is 27.9 Å². The van der Waals surface area contributed by atoms with E-state index >= 15 is 0 Å². The second kappa shape index (κ2) is 7.78. The van der Waals surface area contributed by atoms with E-state index in [1.807, 2.05) is 0 Å². The lowest BCUT2D eigenvalue weighted by Crippen LogP contribution is -2.09.